The van der Waals surface area contributed by atoms with E-state index in [1.54, 1.807) is 0 Å². The van der Waals surface area contributed by atoms with Crippen LogP contribution < -0.4 is 16.6 Å². The van der Waals surface area contributed by atoms with Gasteiger partial charge in [-0.2, -0.15) is 13.2 Å². The Labute approximate surface area is 109 Å². The molecule has 0 fully saturated rings. The zero-order chi connectivity index (χ0) is 14.6. The van der Waals surface area contributed by atoms with E-state index in [1.165, 1.54) is 12.1 Å². The summed E-state index contributed by atoms with van der Waals surface area (Å²) in [5.41, 5.74) is 0.446. The van der Waals surface area contributed by atoms with E-state index in [0.717, 1.165) is 6.07 Å². The van der Waals surface area contributed by atoms with E-state index in [0.29, 0.717) is 6.54 Å². The van der Waals surface area contributed by atoms with Crippen molar-refractivity contribution in [2.24, 2.45) is 11.8 Å². The summed E-state index contributed by atoms with van der Waals surface area (Å²) in [7, 11) is 0. The van der Waals surface area contributed by atoms with Gasteiger partial charge < -0.3 is 10.7 Å². The van der Waals surface area contributed by atoms with Crippen LogP contribution in [0.1, 0.15) is 29.8 Å². The van der Waals surface area contributed by atoms with Gasteiger partial charge in [0.25, 0.3) is 5.91 Å². The highest BCUT2D eigenvalue weighted by Gasteiger charge is 2.35. The van der Waals surface area contributed by atoms with E-state index in [1.807, 2.05) is 19.3 Å². The quantitative estimate of drug-likeness (QED) is 0.584. The molecule has 106 valence electrons. The Kier molecular flexibility index (Phi) is 4.77. The number of anilines is 1. The lowest BCUT2D eigenvalue weighted by atomic mass is 10.1. The first kappa shape index (κ1) is 15.3. The van der Waals surface area contributed by atoms with Gasteiger partial charge in [-0.25, -0.2) is 0 Å². The lowest BCUT2D eigenvalue weighted by Gasteiger charge is -2.16. The molecule has 0 heterocycles. The van der Waals surface area contributed by atoms with Crippen LogP contribution in [0.5, 0.6) is 0 Å². The van der Waals surface area contributed by atoms with Crippen molar-refractivity contribution < 1.29 is 18.0 Å². The van der Waals surface area contributed by atoms with Gasteiger partial charge in [0.05, 0.1) is 16.8 Å². The fraction of sp³-hybridized carbons (Fsp3) is 0.417. The number of halogens is 3. The summed E-state index contributed by atoms with van der Waals surface area (Å²) in [6, 6.07) is 3.34. The lowest BCUT2D eigenvalue weighted by Crippen LogP contribution is -2.29. The number of para-hydroxylation sites is 1. The maximum atomic E-state index is 12.8. The van der Waals surface area contributed by atoms with Crippen molar-refractivity contribution in [3.63, 3.8) is 0 Å². The third-order valence-electron chi connectivity index (χ3n) is 2.43. The molecule has 0 aliphatic carbocycles. The van der Waals surface area contributed by atoms with E-state index >= 15 is 0 Å². The SMILES string of the molecule is CC(C)CNC(=O)c1cccc(C(F)(F)F)c1NN. The number of nitrogen functional groups attached to an aromatic ring is 1. The number of alkyl halides is 3. The third-order valence-corrected chi connectivity index (χ3v) is 2.43. The molecule has 0 saturated carbocycles. The first-order valence-corrected chi connectivity index (χ1v) is 5.72. The van der Waals surface area contributed by atoms with E-state index in [4.69, 9.17) is 5.84 Å². The Morgan fingerprint density at radius 2 is 2.00 bits per heavy atom. The van der Waals surface area contributed by atoms with E-state index < -0.39 is 23.3 Å². The van der Waals surface area contributed by atoms with Crippen LogP contribution in [0.2, 0.25) is 0 Å². The molecular formula is C12H16F3N3O. The Balaban J connectivity index is 3.11. The van der Waals surface area contributed by atoms with Crippen LogP contribution in [0, 0.1) is 5.92 Å². The zero-order valence-corrected chi connectivity index (χ0v) is 10.6. The van der Waals surface area contributed by atoms with Crippen molar-refractivity contribution in [3.8, 4) is 0 Å². The molecule has 1 aromatic rings. The molecule has 0 bridgehead atoms. The molecule has 19 heavy (non-hydrogen) atoms. The molecule has 0 unspecified atom stereocenters. The summed E-state index contributed by atoms with van der Waals surface area (Å²) < 4.78 is 38.3. The minimum absolute atomic E-state index is 0.127. The minimum Gasteiger partial charge on any atom is -0.352 e. The van der Waals surface area contributed by atoms with Crippen molar-refractivity contribution in [2.75, 3.05) is 12.0 Å². The van der Waals surface area contributed by atoms with E-state index in [2.05, 4.69) is 5.32 Å². The Morgan fingerprint density at radius 3 is 2.47 bits per heavy atom. The summed E-state index contributed by atoms with van der Waals surface area (Å²) in [4.78, 5) is 11.8. The van der Waals surface area contributed by atoms with Gasteiger partial charge >= 0.3 is 6.18 Å². The highest BCUT2D eigenvalue weighted by molar-refractivity contribution is 6.00. The minimum atomic E-state index is -4.57. The third kappa shape index (κ3) is 3.85. The van der Waals surface area contributed by atoms with Gasteiger partial charge in [0.1, 0.15) is 0 Å². The van der Waals surface area contributed by atoms with Gasteiger partial charge in [-0.15, -0.1) is 0 Å². The Bertz CT molecular complexity index is 458. The number of hydrazine groups is 1. The second-order valence-electron chi connectivity index (χ2n) is 4.47. The molecule has 1 rings (SSSR count). The van der Waals surface area contributed by atoms with E-state index in [-0.39, 0.29) is 11.5 Å². The molecule has 7 heteroatoms. The molecule has 1 amide bonds. The second kappa shape index (κ2) is 5.92. The van der Waals surface area contributed by atoms with E-state index in [9.17, 15) is 18.0 Å². The number of rotatable bonds is 4. The molecule has 0 aromatic heterocycles. The number of nitrogens with one attached hydrogen (secondary N) is 2. The van der Waals surface area contributed by atoms with Crippen molar-refractivity contribution in [1.82, 2.24) is 5.32 Å². The molecule has 0 radical (unpaired) electrons. The normalized spacial score (nSPS) is 11.5. The largest absolute Gasteiger partial charge is 0.418 e. The molecule has 4 N–H and O–H groups in total. The summed E-state index contributed by atoms with van der Waals surface area (Å²) in [6.45, 7) is 4.14. The first-order valence-electron chi connectivity index (χ1n) is 5.72. The van der Waals surface area contributed by atoms with Crippen LogP contribution in [0.15, 0.2) is 18.2 Å². The molecule has 0 aliphatic heterocycles. The van der Waals surface area contributed by atoms with Crippen LogP contribution >= 0.6 is 0 Å². The predicted octanol–water partition coefficient (Wildman–Crippen LogP) is 2.38. The number of carbonyl (C=O) groups is 1. The lowest BCUT2D eigenvalue weighted by molar-refractivity contribution is -0.137. The summed E-state index contributed by atoms with van der Waals surface area (Å²) in [5, 5.41) is 2.55. The zero-order valence-electron chi connectivity index (χ0n) is 10.6. The van der Waals surface area contributed by atoms with Gasteiger partial charge in [0, 0.05) is 6.54 Å². The van der Waals surface area contributed by atoms with Crippen LogP contribution in [-0.4, -0.2) is 12.5 Å². The van der Waals surface area contributed by atoms with Gasteiger partial charge in [0.2, 0.25) is 0 Å². The average molecular weight is 275 g/mol. The molecular weight excluding hydrogens is 259 g/mol. The number of nitrogens with two attached hydrogens (primary N) is 1. The smallest absolute Gasteiger partial charge is 0.352 e. The maximum absolute atomic E-state index is 12.8. The predicted molar refractivity (Wildman–Crippen MR) is 66.4 cm³/mol. The molecule has 0 aliphatic rings. The topological polar surface area (TPSA) is 67.2 Å². The van der Waals surface area contributed by atoms with Crippen molar-refractivity contribution in [1.29, 1.82) is 0 Å². The summed E-state index contributed by atoms with van der Waals surface area (Å²) in [6.07, 6.45) is -4.57. The average Bonchev–Trinajstić information content (AvgIpc) is 2.33. The highest BCUT2D eigenvalue weighted by Crippen LogP contribution is 2.36. The van der Waals surface area contributed by atoms with Crippen LogP contribution in [-0.2, 0) is 6.18 Å². The number of carbonyl (C=O) groups excluding carboxylic acids is 1. The molecule has 0 saturated heterocycles. The number of amides is 1. The molecule has 0 spiro atoms. The number of benzene rings is 1. The molecule has 1 aromatic carbocycles. The van der Waals surface area contributed by atoms with Gasteiger partial charge in [-0.1, -0.05) is 19.9 Å². The van der Waals surface area contributed by atoms with Crippen molar-refractivity contribution >= 4 is 11.6 Å². The highest BCUT2D eigenvalue weighted by atomic mass is 19.4. The maximum Gasteiger partial charge on any atom is 0.418 e. The van der Waals surface area contributed by atoms with Gasteiger partial charge in [-0.3, -0.25) is 10.6 Å². The fourth-order valence-electron chi connectivity index (χ4n) is 1.53. The summed E-state index contributed by atoms with van der Waals surface area (Å²) >= 11 is 0. The van der Waals surface area contributed by atoms with Crippen molar-refractivity contribution in [3.05, 3.63) is 29.3 Å². The van der Waals surface area contributed by atoms with Gasteiger partial charge in [0.15, 0.2) is 0 Å². The molecule has 4 nitrogen and oxygen atoms in total. The summed E-state index contributed by atoms with van der Waals surface area (Å²) in [5.74, 6) is 4.72. The fourth-order valence-corrected chi connectivity index (χ4v) is 1.53. The molecule has 0 atom stereocenters. The Morgan fingerprint density at radius 1 is 1.37 bits per heavy atom. The van der Waals surface area contributed by atoms with Crippen LogP contribution in [0.4, 0.5) is 18.9 Å². The number of hydrogen-bond donors (Lipinski definition) is 3. The Hall–Kier alpha value is -1.76. The first-order chi connectivity index (χ1) is 8.77. The van der Waals surface area contributed by atoms with Crippen LogP contribution in [0.25, 0.3) is 0 Å². The standard InChI is InChI=1S/C12H16F3N3O/c1-7(2)6-17-11(19)8-4-3-5-9(10(8)18-16)12(13,14)15/h3-5,7,18H,6,16H2,1-2H3,(H,17,19). The van der Waals surface area contributed by atoms with Crippen molar-refractivity contribution in [2.45, 2.75) is 20.0 Å². The monoisotopic (exact) mass is 275 g/mol. The van der Waals surface area contributed by atoms with Crippen LogP contribution in [0.3, 0.4) is 0 Å². The van der Waals surface area contributed by atoms with Gasteiger partial charge in [-0.05, 0) is 18.1 Å². The second-order valence-corrected chi connectivity index (χ2v) is 4.47. The number of hydrogen-bond acceptors (Lipinski definition) is 3.